The Labute approximate surface area is 73.5 Å². The van der Waals surface area contributed by atoms with Gasteiger partial charge >= 0.3 is 0 Å². The lowest BCUT2D eigenvalue weighted by atomic mass is 10.0. The summed E-state index contributed by atoms with van der Waals surface area (Å²) in [6.07, 6.45) is -10.7. The molecule has 0 bridgehead atoms. The Hall–Kier alpha value is -0.310. The number of rotatable bonds is 5. The highest BCUT2D eigenvalue weighted by atomic mass is 19.1. The Morgan fingerprint density at radius 3 is 1.62 bits per heavy atom. The topological polar surface area (TPSA) is 121 Å². The van der Waals surface area contributed by atoms with Crippen molar-refractivity contribution in [2.24, 2.45) is 0 Å². The molecule has 0 radical (unpaired) electrons. The van der Waals surface area contributed by atoms with Gasteiger partial charge < -0.3 is 30.6 Å². The number of alkyl halides is 1. The predicted molar refractivity (Wildman–Crippen MR) is 38.2 cm³/mol. The molecule has 7 heteroatoms. The summed E-state index contributed by atoms with van der Waals surface area (Å²) >= 11 is 0. The van der Waals surface area contributed by atoms with Crippen LogP contribution in [-0.4, -0.2) is 68.0 Å². The molecule has 0 aliphatic carbocycles. The van der Waals surface area contributed by atoms with E-state index >= 15 is 0 Å². The van der Waals surface area contributed by atoms with Crippen LogP contribution in [0.2, 0.25) is 0 Å². The fourth-order valence-corrected chi connectivity index (χ4v) is 0.700. The molecule has 0 saturated carbocycles. The van der Waals surface area contributed by atoms with Gasteiger partial charge in [0.05, 0.1) is 6.61 Å². The van der Waals surface area contributed by atoms with Crippen LogP contribution in [0.3, 0.4) is 0 Å². The maximum Gasteiger partial charge on any atom is 0.225 e. The van der Waals surface area contributed by atoms with Gasteiger partial charge in [-0.15, -0.1) is 0 Å². The van der Waals surface area contributed by atoms with Gasteiger partial charge in [0.2, 0.25) is 6.36 Å². The van der Waals surface area contributed by atoms with Gasteiger partial charge in [0.15, 0.2) is 0 Å². The molecule has 0 aromatic heterocycles. The molecule has 6 nitrogen and oxygen atoms in total. The fraction of sp³-hybridized carbons (Fsp3) is 1.00. The van der Waals surface area contributed by atoms with Crippen LogP contribution >= 0.6 is 0 Å². The normalized spacial score (nSPS) is 23.3. The van der Waals surface area contributed by atoms with Gasteiger partial charge in [0.25, 0.3) is 0 Å². The Bertz CT molecular complexity index is 143. The van der Waals surface area contributed by atoms with Crippen molar-refractivity contribution < 1.29 is 35.0 Å². The largest absolute Gasteiger partial charge is 0.394 e. The van der Waals surface area contributed by atoms with Gasteiger partial charge in [-0.3, -0.25) is 0 Å². The van der Waals surface area contributed by atoms with E-state index in [0.29, 0.717) is 0 Å². The lowest BCUT2D eigenvalue weighted by Gasteiger charge is -2.25. The van der Waals surface area contributed by atoms with Crippen molar-refractivity contribution in [3.05, 3.63) is 0 Å². The molecule has 80 valence electrons. The SMILES string of the molecule is OC[C@@H](O)[C@@H](O)[C@H](O)[C@H](O)C(O)F. The summed E-state index contributed by atoms with van der Waals surface area (Å²) in [4.78, 5) is 0. The van der Waals surface area contributed by atoms with E-state index < -0.39 is 37.4 Å². The molecule has 0 aromatic carbocycles. The van der Waals surface area contributed by atoms with E-state index in [-0.39, 0.29) is 0 Å². The first-order valence-electron chi connectivity index (χ1n) is 3.57. The van der Waals surface area contributed by atoms with Crippen LogP contribution in [0.5, 0.6) is 0 Å². The molecule has 0 fully saturated rings. The molecule has 6 N–H and O–H groups in total. The standard InChI is InChI=1S/C6H13FO6/c7-6(13)5(12)4(11)3(10)2(9)1-8/h2-6,8-13H,1H2/t2-,3-,4+,5+,6?/m1/s1. The van der Waals surface area contributed by atoms with Crippen molar-refractivity contribution in [1.29, 1.82) is 0 Å². The summed E-state index contributed by atoms with van der Waals surface area (Å²) in [5.41, 5.74) is 0. The highest BCUT2D eigenvalue weighted by Crippen LogP contribution is 2.08. The zero-order valence-electron chi connectivity index (χ0n) is 6.66. The molecule has 0 rings (SSSR count). The summed E-state index contributed by atoms with van der Waals surface area (Å²) in [6, 6.07) is 0. The van der Waals surface area contributed by atoms with Crippen LogP contribution in [-0.2, 0) is 0 Å². The maximum absolute atomic E-state index is 12.0. The molecule has 5 atom stereocenters. The van der Waals surface area contributed by atoms with E-state index in [1.54, 1.807) is 0 Å². The molecule has 0 aliphatic heterocycles. The summed E-state index contributed by atoms with van der Waals surface area (Å²) in [5, 5.41) is 51.7. The van der Waals surface area contributed by atoms with E-state index in [1.165, 1.54) is 0 Å². The zero-order chi connectivity index (χ0) is 10.6. The average Bonchev–Trinajstić information content (AvgIpc) is 2.12. The number of halogens is 1. The maximum atomic E-state index is 12.0. The third kappa shape index (κ3) is 3.51. The van der Waals surface area contributed by atoms with Crippen molar-refractivity contribution in [3.63, 3.8) is 0 Å². The number of aliphatic hydroxyl groups is 6. The van der Waals surface area contributed by atoms with Gasteiger partial charge in [-0.05, 0) is 0 Å². The predicted octanol–water partition coefficient (Wildman–Crippen LogP) is -3.29. The van der Waals surface area contributed by atoms with E-state index in [4.69, 9.17) is 30.6 Å². The fourth-order valence-electron chi connectivity index (χ4n) is 0.700. The second-order valence-corrected chi connectivity index (χ2v) is 2.59. The summed E-state index contributed by atoms with van der Waals surface area (Å²) in [7, 11) is 0. The third-order valence-corrected chi connectivity index (χ3v) is 1.56. The van der Waals surface area contributed by atoms with Crippen LogP contribution in [0.1, 0.15) is 0 Å². The molecule has 13 heavy (non-hydrogen) atoms. The summed E-state index contributed by atoms with van der Waals surface area (Å²) < 4.78 is 12.0. The van der Waals surface area contributed by atoms with Gasteiger partial charge in [-0.1, -0.05) is 0 Å². The first-order valence-corrected chi connectivity index (χ1v) is 3.57. The minimum absolute atomic E-state index is 0.854. The van der Waals surface area contributed by atoms with Crippen LogP contribution < -0.4 is 0 Å². The third-order valence-electron chi connectivity index (χ3n) is 1.56. The highest BCUT2D eigenvalue weighted by molar-refractivity contribution is 4.81. The van der Waals surface area contributed by atoms with Gasteiger partial charge in [-0.25, -0.2) is 4.39 Å². The van der Waals surface area contributed by atoms with Crippen molar-refractivity contribution >= 4 is 0 Å². The Kier molecular flexibility index (Phi) is 5.30. The minimum atomic E-state index is -2.73. The van der Waals surface area contributed by atoms with Crippen molar-refractivity contribution in [2.75, 3.05) is 6.61 Å². The van der Waals surface area contributed by atoms with E-state index in [9.17, 15) is 4.39 Å². The lowest BCUT2D eigenvalue weighted by molar-refractivity contribution is -0.165. The molecular weight excluding hydrogens is 187 g/mol. The van der Waals surface area contributed by atoms with Gasteiger partial charge in [-0.2, -0.15) is 0 Å². The molecule has 0 heterocycles. The Morgan fingerprint density at radius 2 is 1.31 bits per heavy atom. The van der Waals surface area contributed by atoms with E-state index in [1.807, 2.05) is 0 Å². The second kappa shape index (κ2) is 5.43. The molecule has 0 saturated heterocycles. The Balaban J connectivity index is 4.15. The van der Waals surface area contributed by atoms with Crippen molar-refractivity contribution in [1.82, 2.24) is 0 Å². The first-order chi connectivity index (χ1) is 5.91. The molecule has 0 spiro atoms. The monoisotopic (exact) mass is 200 g/mol. The smallest absolute Gasteiger partial charge is 0.225 e. The summed E-state index contributed by atoms with van der Waals surface area (Å²) in [5.74, 6) is 0. The first kappa shape index (κ1) is 12.7. The lowest BCUT2D eigenvalue weighted by Crippen LogP contribution is -2.49. The van der Waals surface area contributed by atoms with Crippen LogP contribution in [0.4, 0.5) is 4.39 Å². The molecule has 0 aromatic rings. The van der Waals surface area contributed by atoms with Crippen LogP contribution in [0.25, 0.3) is 0 Å². The van der Waals surface area contributed by atoms with E-state index in [2.05, 4.69) is 0 Å². The highest BCUT2D eigenvalue weighted by Gasteiger charge is 2.33. The number of hydrogen-bond acceptors (Lipinski definition) is 6. The van der Waals surface area contributed by atoms with E-state index in [0.717, 1.165) is 0 Å². The van der Waals surface area contributed by atoms with Crippen molar-refractivity contribution in [2.45, 2.75) is 30.8 Å². The molecule has 0 aliphatic rings. The second-order valence-electron chi connectivity index (χ2n) is 2.59. The molecule has 0 amide bonds. The number of hydrogen-bond donors (Lipinski definition) is 6. The summed E-state index contributed by atoms with van der Waals surface area (Å²) in [6.45, 7) is -0.854. The van der Waals surface area contributed by atoms with Crippen molar-refractivity contribution in [3.8, 4) is 0 Å². The van der Waals surface area contributed by atoms with Crippen LogP contribution in [0.15, 0.2) is 0 Å². The quantitative estimate of drug-likeness (QED) is 0.276. The average molecular weight is 200 g/mol. The zero-order valence-corrected chi connectivity index (χ0v) is 6.66. The molecular formula is C6H13FO6. The van der Waals surface area contributed by atoms with Gasteiger partial charge in [0, 0.05) is 0 Å². The van der Waals surface area contributed by atoms with Gasteiger partial charge in [0.1, 0.15) is 24.4 Å². The number of aliphatic hydroxyl groups excluding tert-OH is 6. The molecule has 1 unspecified atom stereocenters. The minimum Gasteiger partial charge on any atom is -0.394 e. The van der Waals surface area contributed by atoms with Crippen LogP contribution in [0, 0.1) is 0 Å². The Morgan fingerprint density at radius 1 is 0.846 bits per heavy atom.